The lowest BCUT2D eigenvalue weighted by Gasteiger charge is -2.33. The molecule has 2 atom stereocenters. The topological polar surface area (TPSA) is 103 Å². The SMILES string of the molecule is Cc1onc2c1c(=O)n(C1CCCC(NC(=O)C(C)(C)N)C1)c1cccc(Cl)c21.Cl. The monoisotopic (exact) mass is 452 g/mol. The molecule has 0 aliphatic heterocycles. The van der Waals surface area contributed by atoms with Crippen molar-refractivity contribution in [1.29, 1.82) is 0 Å². The Morgan fingerprint density at radius 1 is 1.33 bits per heavy atom. The minimum atomic E-state index is -0.942. The Hall–Kier alpha value is -2.09. The number of aryl methyl sites for hydroxylation is 1. The third-order valence-electron chi connectivity index (χ3n) is 5.72. The van der Waals surface area contributed by atoms with Crippen LogP contribution in [0.2, 0.25) is 5.02 Å². The molecule has 2 heterocycles. The lowest BCUT2D eigenvalue weighted by molar-refractivity contribution is -0.126. The van der Waals surface area contributed by atoms with Crippen LogP contribution in [0.5, 0.6) is 0 Å². The summed E-state index contributed by atoms with van der Waals surface area (Å²) in [5.74, 6) is 0.292. The van der Waals surface area contributed by atoms with E-state index in [1.54, 1.807) is 31.4 Å². The van der Waals surface area contributed by atoms with Gasteiger partial charge in [-0.05, 0) is 58.6 Å². The number of benzene rings is 1. The van der Waals surface area contributed by atoms with Crippen molar-refractivity contribution in [3.63, 3.8) is 0 Å². The molecule has 4 rings (SSSR count). The van der Waals surface area contributed by atoms with E-state index >= 15 is 0 Å². The van der Waals surface area contributed by atoms with Crippen LogP contribution in [0.4, 0.5) is 0 Å². The number of fused-ring (bicyclic) bond motifs is 3. The molecule has 3 N–H and O–H groups in total. The van der Waals surface area contributed by atoms with E-state index in [2.05, 4.69) is 10.5 Å². The minimum Gasteiger partial charge on any atom is -0.360 e. The number of nitrogens with one attached hydrogen (secondary N) is 1. The van der Waals surface area contributed by atoms with Crippen molar-refractivity contribution in [1.82, 2.24) is 15.0 Å². The average Bonchev–Trinajstić information content (AvgIpc) is 3.03. The average molecular weight is 453 g/mol. The molecule has 162 valence electrons. The first-order chi connectivity index (χ1) is 13.7. The van der Waals surface area contributed by atoms with Gasteiger partial charge in [-0.3, -0.25) is 9.59 Å². The maximum absolute atomic E-state index is 13.4. The highest BCUT2D eigenvalue weighted by molar-refractivity contribution is 6.37. The Kier molecular flexibility index (Phi) is 6.18. The molecule has 1 aromatic carbocycles. The second-order valence-corrected chi connectivity index (χ2v) is 8.89. The van der Waals surface area contributed by atoms with Gasteiger partial charge in [-0.15, -0.1) is 12.4 Å². The van der Waals surface area contributed by atoms with Crippen molar-refractivity contribution in [2.75, 3.05) is 0 Å². The predicted molar refractivity (Wildman–Crippen MR) is 120 cm³/mol. The van der Waals surface area contributed by atoms with Gasteiger partial charge in [0.05, 0.1) is 16.1 Å². The molecule has 1 amide bonds. The lowest BCUT2D eigenvalue weighted by Crippen LogP contribution is -2.53. The van der Waals surface area contributed by atoms with E-state index in [9.17, 15) is 9.59 Å². The number of aromatic nitrogens is 2. The Labute approximate surface area is 185 Å². The normalized spacial score (nSPS) is 19.6. The molecule has 0 bridgehead atoms. The van der Waals surface area contributed by atoms with E-state index in [-0.39, 0.29) is 36.0 Å². The van der Waals surface area contributed by atoms with Gasteiger partial charge >= 0.3 is 0 Å². The Morgan fingerprint density at radius 2 is 2.07 bits per heavy atom. The molecule has 9 heteroatoms. The largest absolute Gasteiger partial charge is 0.360 e. The number of nitrogens with two attached hydrogens (primary N) is 1. The first-order valence-electron chi connectivity index (χ1n) is 9.87. The first kappa shape index (κ1) is 22.6. The van der Waals surface area contributed by atoms with Crippen LogP contribution in [0.15, 0.2) is 27.5 Å². The van der Waals surface area contributed by atoms with Crippen LogP contribution in [0.1, 0.15) is 51.3 Å². The van der Waals surface area contributed by atoms with E-state index in [4.69, 9.17) is 21.9 Å². The summed E-state index contributed by atoms with van der Waals surface area (Å²) in [5, 5.41) is 8.84. The van der Waals surface area contributed by atoms with Crippen molar-refractivity contribution in [3.8, 4) is 0 Å². The second-order valence-electron chi connectivity index (χ2n) is 8.48. The summed E-state index contributed by atoms with van der Waals surface area (Å²) in [6.07, 6.45) is 3.25. The van der Waals surface area contributed by atoms with Crippen LogP contribution in [0, 0.1) is 6.92 Å². The Balaban J connectivity index is 0.00000256. The van der Waals surface area contributed by atoms with Gasteiger partial charge in [0.1, 0.15) is 16.7 Å². The van der Waals surface area contributed by atoms with Crippen molar-refractivity contribution in [2.24, 2.45) is 5.73 Å². The van der Waals surface area contributed by atoms with Crippen LogP contribution in [0.3, 0.4) is 0 Å². The zero-order chi connectivity index (χ0) is 20.9. The number of hydrogen-bond acceptors (Lipinski definition) is 5. The number of pyridine rings is 1. The zero-order valence-corrected chi connectivity index (χ0v) is 18.8. The number of carbonyl (C=O) groups is 1. The Bertz CT molecular complexity index is 1160. The Morgan fingerprint density at radius 3 is 2.77 bits per heavy atom. The van der Waals surface area contributed by atoms with Crippen LogP contribution in [0.25, 0.3) is 21.8 Å². The summed E-state index contributed by atoms with van der Waals surface area (Å²) in [6.45, 7) is 5.10. The maximum Gasteiger partial charge on any atom is 0.264 e. The van der Waals surface area contributed by atoms with Crippen molar-refractivity contribution in [3.05, 3.63) is 39.3 Å². The van der Waals surface area contributed by atoms with Crippen LogP contribution >= 0.6 is 24.0 Å². The molecule has 7 nitrogen and oxygen atoms in total. The molecule has 0 spiro atoms. The maximum atomic E-state index is 13.4. The number of carbonyl (C=O) groups excluding carboxylic acids is 1. The van der Waals surface area contributed by atoms with Crippen molar-refractivity contribution in [2.45, 2.75) is 64.1 Å². The van der Waals surface area contributed by atoms with Crippen LogP contribution in [-0.4, -0.2) is 27.2 Å². The zero-order valence-electron chi connectivity index (χ0n) is 17.2. The van der Waals surface area contributed by atoms with Gasteiger partial charge in [0.2, 0.25) is 5.91 Å². The third kappa shape index (κ3) is 3.82. The highest BCUT2D eigenvalue weighted by atomic mass is 35.5. The molecule has 1 aliphatic carbocycles. The number of hydrogen-bond donors (Lipinski definition) is 2. The van der Waals surface area contributed by atoms with Gasteiger partial charge in [0.15, 0.2) is 0 Å². The quantitative estimate of drug-likeness (QED) is 0.627. The summed E-state index contributed by atoms with van der Waals surface area (Å²) in [4.78, 5) is 25.8. The smallest absolute Gasteiger partial charge is 0.264 e. The van der Waals surface area contributed by atoms with E-state index in [0.29, 0.717) is 28.1 Å². The van der Waals surface area contributed by atoms with Crippen LogP contribution < -0.4 is 16.6 Å². The molecule has 1 aliphatic rings. The van der Waals surface area contributed by atoms with E-state index in [1.165, 1.54) is 0 Å². The molecule has 3 aromatic rings. The van der Waals surface area contributed by atoms with E-state index in [1.807, 2.05) is 12.1 Å². The molecule has 30 heavy (non-hydrogen) atoms. The van der Waals surface area contributed by atoms with Gasteiger partial charge in [0.25, 0.3) is 5.56 Å². The first-order valence-corrected chi connectivity index (χ1v) is 10.2. The molecule has 0 saturated heterocycles. The van der Waals surface area contributed by atoms with E-state index in [0.717, 1.165) is 30.2 Å². The standard InChI is InChI=1S/C21H25ClN4O3.ClH/c1-11-16-18(25-29-11)17-14(22)8-5-9-15(17)26(19(16)27)13-7-4-6-12(10-13)24-20(28)21(2,3)23;/h5,8-9,12-13H,4,6-7,10,23H2,1-3H3,(H,24,28);1H. The fraction of sp³-hybridized carbons (Fsp3) is 0.476. The summed E-state index contributed by atoms with van der Waals surface area (Å²) >= 11 is 6.49. The lowest BCUT2D eigenvalue weighted by atomic mass is 9.89. The number of nitrogens with zero attached hydrogens (tertiary/aromatic N) is 2. The predicted octanol–water partition coefficient (Wildman–Crippen LogP) is 3.86. The second kappa shape index (κ2) is 8.21. The molecule has 2 aromatic heterocycles. The third-order valence-corrected chi connectivity index (χ3v) is 6.03. The molecule has 2 unspecified atom stereocenters. The van der Waals surface area contributed by atoms with Crippen molar-refractivity contribution < 1.29 is 9.32 Å². The molecule has 0 radical (unpaired) electrons. The minimum absolute atomic E-state index is 0. The highest BCUT2D eigenvalue weighted by Crippen LogP contribution is 2.35. The fourth-order valence-electron chi connectivity index (χ4n) is 4.24. The molecular formula is C21H26Cl2N4O3. The fourth-order valence-corrected chi connectivity index (χ4v) is 4.50. The highest BCUT2D eigenvalue weighted by Gasteiger charge is 2.31. The van der Waals surface area contributed by atoms with Gasteiger partial charge in [-0.2, -0.15) is 0 Å². The summed E-state index contributed by atoms with van der Waals surface area (Å²) < 4.78 is 7.12. The van der Waals surface area contributed by atoms with E-state index < -0.39 is 5.54 Å². The van der Waals surface area contributed by atoms with Gasteiger partial charge < -0.3 is 20.1 Å². The summed E-state index contributed by atoms with van der Waals surface area (Å²) in [7, 11) is 0. The van der Waals surface area contributed by atoms with Gasteiger partial charge in [-0.25, -0.2) is 0 Å². The van der Waals surface area contributed by atoms with Gasteiger partial charge in [0, 0.05) is 17.5 Å². The summed E-state index contributed by atoms with van der Waals surface area (Å²) in [6, 6.07) is 5.40. The molecular weight excluding hydrogens is 427 g/mol. The van der Waals surface area contributed by atoms with Crippen LogP contribution in [-0.2, 0) is 4.79 Å². The number of halogens is 2. The number of rotatable bonds is 3. The molecule has 1 saturated carbocycles. The van der Waals surface area contributed by atoms with Gasteiger partial charge in [-0.1, -0.05) is 22.8 Å². The molecule has 1 fully saturated rings. The van der Waals surface area contributed by atoms with Crippen molar-refractivity contribution >= 4 is 51.7 Å². The number of amides is 1. The summed E-state index contributed by atoms with van der Waals surface area (Å²) in [5.41, 5.74) is 6.08.